The first kappa shape index (κ1) is 40.1. The predicted molar refractivity (Wildman–Crippen MR) is 179 cm³/mol. The molecule has 2 heterocycles. The number of hydrogen-bond acceptors (Lipinski definition) is 6. The van der Waals surface area contributed by atoms with E-state index in [0.29, 0.717) is 11.6 Å². The molecule has 43 heavy (non-hydrogen) atoms. The third kappa shape index (κ3) is 11.3. The molecule has 2 aromatic heterocycles. The van der Waals surface area contributed by atoms with E-state index in [0.717, 1.165) is 22.5 Å². The van der Waals surface area contributed by atoms with Gasteiger partial charge in [-0.1, -0.05) is 46.5 Å². The molecule has 0 fully saturated rings. The van der Waals surface area contributed by atoms with Crippen molar-refractivity contribution in [3.63, 3.8) is 0 Å². The Kier molecular flexibility index (Phi) is 15.2. The molecule has 229 valence electrons. The van der Waals surface area contributed by atoms with Crippen molar-refractivity contribution in [1.82, 2.24) is 9.97 Å². The second-order valence-corrected chi connectivity index (χ2v) is 12.5. The largest absolute Gasteiger partial charge is 3.00 e. The van der Waals surface area contributed by atoms with Crippen molar-refractivity contribution in [2.75, 3.05) is 10.1 Å². The average molecular weight is 662 g/mol. The maximum absolute atomic E-state index is 10.2. The number of anilines is 2. The van der Waals surface area contributed by atoms with Crippen LogP contribution in [0.2, 0.25) is 0 Å². The molecule has 0 amide bonds. The van der Waals surface area contributed by atoms with Gasteiger partial charge in [-0.05, 0) is 118 Å². The number of nitrogens with zero attached hydrogens (tertiary/aromatic N) is 4. The van der Waals surface area contributed by atoms with Gasteiger partial charge in [-0.3, -0.25) is 10.4 Å². The molecule has 0 spiro atoms. The van der Waals surface area contributed by atoms with Gasteiger partial charge in [-0.25, -0.2) is 20.1 Å². The fraction of sp³-hybridized carbons (Fsp3) is 0.333. The van der Waals surface area contributed by atoms with Gasteiger partial charge < -0.3 is 14.9 Å². The summed E-state index contributed by atoms with van der Waals surface area (Å²) in [5.41, 5.74) is 7.98. The molecule has 0 aliphatic rings. The normalized spacial score (nSPS) is 10.7. The molecule has 2 N–H and O–H groups in total. The monoisotopic (exact) mass is 660 g/mol. The van der Waals surface area contributed by atoms with E-state index < -0.39 is 0 Å². The molecule has 2 aromatic carbocycles. The van der Waals surface area contributed by atoms with Crippen molar-refractivity contribution in [2.45, 2.75) is 80.3 Å². The zero-order valence-electron chi connectivity index (χ0n) is 28.1. The van der Waals surface area contributed by atoms with Crippen LogP contribution in [-0.2, 0) is 26.2 Å². The van der Waals surface area contributed by atoms with Crippen LogP contribution < -0.4 is 10.1 Å². The Morgan fingerprint density at radius 3 is 1.05 bits per heavy atom. The summed E-state index contributed by atoms with van der Waals surface area (Å²) >= 11 is 0. The smallest absolute Gasteiger partial charge is 0.358 e. The molecule has 0 unspecified atom stereocenters. The minimum absolute atomic E-state index is 0. The topological polar surface area (TPSA) is 72.7 Å². The second kappa shape index (κ2) is 16.3. The van der Waals surface area contributed by atoms with Gasteiger partial charge in [0.25, 0.3) is 0 Å². The summed E-state index contributed by atoms with van der Waals surface area (Å²) in [4.78, 5) is 9.14. The van der Waals surface area contributed by atoms with E-state index >= 15 is 0 Å². The molecule has 0 atom stereocenters. The Bertz CT molecular complexity index is 1310. The van der Waals surface area contributed by atoms with Gasteiger partial charge in [0, 0.05) is 11.1 Å². The van der Waals surface area contributed by atoms with E-state index in [1.807, 2.05) is 77.9 Å². The predicted octanol–water partition coefficient (Wildman–Crippen LogP) is 9.62. The van der Waals surface area contributed by atoms with Crippen LogP contribution in [0.15, 0.2) is 72.8 Å². The Morgan fingerprint density at radius 2 is 0.791 bits per heavy atom. The number of hydrogen-bond donors (Lipinski definition) is 2. The quantitative estimate of drug-likeness (QED) is 0.168. The number of hydroxylamine groups is 2. The zero-order valence-corrected chi connectivity index (χ0v) is 30.6. The summed E-state index contributed by atoms with van der Waals surface area (Å²) in [7, 11) is 0. The van der Waals surface area contributed by atoms with Gasteiger partial charge in [-0.15, -0.1) is 0 Å². The number of aromatic nitrogens is 2. The van der Waals surface area contributed by atoms with Gasteiger partial charge in [0.05, 0.1) is 22.5 Å². The molecule has 0 aliphatic carbocycles. The van der Waals surface area contributed by atoms with Crippen LogP contribution in [-0.4, -0.2) is 31.5 Å². The Morgan fingerprint density at radius 1 is 0.512 bits per heavy atom. The second-order valence-electron chi connectivity index (χ2n) is 12.5. The third-order valence-corrected chi connectivity index (χ3v) is 6.21. The molecular formula is C36H50N4O2Zr+. The summed E-state index contributed by atoms with van der Waals surface area (Å²) in [5.74, 6) is 1.13. The summed E-state index contributed by atoms with van der Waals surface area (Å²) in [6, 6.07) is 24.1. The minimum Gasteiger partial charge on any atom is -0.358 e. The summed E-state index contributed by atoms with van der Waals surface area (Å²) < 4.78 is 0. The van der Waals surface area contributed by atoms with Crippen LogP contribution in [0.3, 0.4) is 0 Å². The SMILES string of the molecule is Cc1cc(C)cc(-c2cccc(N(O)C(C)(C)C)n2)c1.Cc1cc(C)cc(-c2cccc(N(O)C(C)(C)C)n2)c1.[CH3-].[CH3-].[Zr+3]. The number of aryl methyl sites for hydroxylation is 4. The van der Waals surface area contributed by atoms with E-state index in [9.17, 15) is 10.4 Å². The standard InChI is InChI=1S/2C17H22N2O.2CH3.Zr/c2*1-12-9-13(2)11-14(10-12)15-7-6-8-16(18-15)19(20)17(3,4)5;;;/h2*6-11,20H,1-5H3;2*1H3;/q;;2*-1;+3. The van der Waals surface area contributed by atoms with Gasteiger partial charge in [0.15, 0.2) is 11.6 Å². The maximum Gasteiger partial charge on any atom is 3.00 e. The van der Waals surface area contributed by atoms with E-state index in [1.54, 1.807) is 0 Å². The van der Waals surface area contributed by atoms with Crippen molar-refractivity contribution >= 4 is 11.6 Å². The Labute approximate surface area is 279 Å². The third-order valence-electron chi connectivity index (χ3n) is 6.21. The average Bonchev–Trinajstić information content (AvgIpc) is 2.86. The molecular weight excluding hydrogens is 612 g/mol. The van der Waals surface area contributed by atoms with E-state index in [1.165, 1.54) is 32.4 Å². The number of benzene rings is 2. The van der Waals surface area contributed by atoms with Crippen LogP contribution in [0.5, 0.6) is 0 Å². The zero-order chi connectivity index (χ0) is 29.8. The van der Waals surface area contributed by atoms with Crippen LogP contribution >= 0.6 is 0 Å². The van der Waals surface area contributed by atoms with Crippen molar-refractivity contribution < 1.29 is 36.6 Å². The molecule has 1 radical (unpaired) electrons. The van der Waals surface area contributed by atoms with Crippen molar-refractivity contribution in [2.24, 2.45) is 0 Å². The molecule has 0 saturated carbocycles. The van der Waals surface area contributed by atoms with E-state index in [4.69, 9.17) is 0 Å². The van der Waals surface area contributed by atoms with Crippen LogP contribution in [0.4, 0.5) is 11.6 Å². The molecule has 4 rings (SSSR count). The molecule has 0 bridgehead atoms. The van der Waals surface area contributed by atoms with Crippen LogP contribution in [0.1, 0.15) is 63.8 Å². The van der Waals surface area contributed by atoms with Crippen molar-refractivity contribution in [3.05, 3.63) is 110 Å². The maximum atomic E-state index is 10.2. The first-order valence-electron chi connectivity index (χ1n) is 13.6. The molecule has 0 aliphatic heterocycles. The van der Waals surface area contributed by atoms with Crippen LogP contribution in [0, 0.1) is 42.5 Å². The summed E-state index contributed by atoms with van der Waals surface area (Å²) in [6.07, 6.45) is 0. The van der Waals surface area contributed by atoms with Crippen molar-refractivity contribution in [1.29, 1.82) is 0 Å². The van der Waals surface area contributed by atoms with E-state index in [-0.39, 0.29) is 52.1 Å². The van der Waals surface area contributed by atoms with Gasteiger partial charge in [0.1, 0.15) is 0 Å². The van der Waals surface area contributed by atoms with E-state index in [2.05, 4.69) is 74.1 Å². The minimum atomic E-state index is -0.381. The van der Waals surface area contributed by atoms with Crippen LogP contribution in [0.25, 0.3) is 22.5 Å². The number of pyridine rings is 2. The van der Waals surface area contributed by atoms with Gasteiger partial charge >= 0.3 is 26.2 Å². The molecule has 6 nitrogen and oxygen atoms in total. The first-order valence-corrected chi connectivity index (χ1v) is 13.6. The summed E-state index contributed by atoms with van der Waals surface area (Å²) in [6.45, 7) is 20.0. The summed E-state index contributed by atoms with van der Waals surface area (Å²) in [5, 5.41) is 22.8. The van der Waals surface area contributed by atoms with Crippen molar-refractivity contribution in [3.8, 4) is 22.5 Å². The van der Waals surface area contributed by atoms with Gasteiger partial charge in [-0.2, -0.15) is 0 Å². The molecule has 7 heteroatoms. The molecule has 0 saturated heterocycles. The first-order chi connectivity index (χ1) is 18.5. The molecule has 4 aromatic rings. The Balaban J connectivity index is 0.000000767. The fourth-order valence-electron chi connectivity index (χ4n) is 4.34. The van der Waals surface area contributed by atoms with Gasteiger partial charge in [0.2, 0.25) is 0 Å². The Hall–Kier alpha value is -2.86. The number of rotatable bonds is 4. The fourth-order valence-corrected chi connectivity index (χ4v) is 4.34.